The first-order valence-corrected chi connectivity index (χ1v) is 11.3. The number of amides is 1. The summed E-state index contributed by atoms with van der Waals surface area (Å²) in [6, 6.07) is 11.7. The second-order valence-corrected chi connectivity index (χ2v) is 8.17. The predicted octanol–water partition coefficient (Wildman–Crippen LogP) is 4.19. The van der Waals surface area contributed by atoms with E-state index >= 15 is 0 Å². The van der Waals surface area contributed by atoms with Crippen LogP contribution in [0.25, 0.3) is 11.5 Å². The summed E-state index contributed by atoms with van der Waals surface area (Å²) in [7, 11) is 0. The molecule has 0 unspecified atom stereocenters. The highest BCUT2D eigenvalue weighted by molar-refractivity contribution is 6.33. The van der Waals surface area contributed by atoms with E-state index in [1.54, 1.807) is 30.3 Å². The quantitative estimate of drug-likeness (QED) is 0.344. The summed E-state index contributed by atoms with van der Waals surface area (Å²) in [6.07, 6.45) is 0.686. The number of carbonyl (C=O) groups excluding carboxylic acids is 1. The van der Waals surface area contributed by atoms with Crippen molar-refractivity contribution in [1.29, 1.82) is 0 Å². The molecule has 178 valence electrons. The Hall–Kier alpha value is -3.50. The van der Waals surface area contributed by atoms with Crippen LogP contribution in [-0.2, 0) is 11.3 Å². The number of anilines is 1. The first kappa shape index (κ1) is 23.7. The van der Waals surface area contributed by atoms with Crippen LogP contribution in [0, 0.1) is 10.1 Å². The van der Waals surface area contributed by atoms with Crippen molar-refractivity contribution >= 4 is 28.9 Å². The molecule has 1 saturated heterocycles. The summed E-state index contributed by atoms with van der Waals surface area (Å²) >= 11 is 6.21. The summed E-state index contributed by atoms with van der Waals surface area (Å²) in [4.78, 5) is 28.0. The fourth-order valence-corrected chi connectivity index (χ4v) is 4.02. The fraction of sp³-hybridized carbons (Fsp3) is 0.348. The summed E-state index contributed by atoms with van der Waals surface area (Å²) < 4.78 is 11.1. The Kier molecular flexibility index (Phi) is 7.39. The maximum Gasteiger partial charge on any atom is 0.293 e. The van der Waals surface area contributed by atoms with Gasteiger partial charge in [0.2, 0.25) is 11.8 Å². The van der Waals surface area contributed by atoms with Gasteiger partial charge in [-0.25, -0.2) is 0 Å². The van der Waals surface area contributed by atoms with Gasteiger partial charge in [0.25, 0.3) is 11.6 Å². The van der Waals surface area contributed by atoms with Gasteiger partial charge >= 0.3 is 0 Å². The molecule has 34 heavy (non-hydrogen) atoms. The standard InChI is InChI=1S/C23H24ClN5O5/c1-2-9-28(15-21-25-26-22(34-21)17-5-3-4-6-18(17)24)23(30)16-7-8-19(20(14-16)29(31)32)27-10-12-33-13-11-27/h3-8,14H,2,9-13,15H2,1H3. The molecule has 11 heteroatoms. The lowest BCUT2D eigenvalue weighted by Crippen LogP contribution is -2.36. The van der Waals surface area contributed by atoms with E-state index in [1.165, 1.54) is 11.0 Å². The number of hydrogen-bond acceptors (Lipinski definition) is 8. The van der Waals surface area contributed by atoms with Gasteiger partial charge in [0.05, 0.1) is 35.3 Å². The zero-order chi connectivity index (χ0) is 24.1. The minimum absolute atomic E-state index is 0.0726. The molecular formula is C23H24ClN5O5. The van der Waals surface area contributed by atoms with Gasteiger partial charge in [-0.2, -0.15) is 0 Å². The molecule has 1 aliphatic rings. The summed E-state index contributed by atoms with van der Waals surface area (Å²) in [5.74, 6) is 0.155. The molecule has 10 nitrogen and oxygen atoms in total. The van der Waals surface area contributed by atoms with Crippen LogP contribution in [0.5, 0.6) is 0 Å². The van der Waals surface area contributed by atoms with Crippen LogP contribution in [0.2, 0.25) is 5.02 Å². The molecule has 1 aromatic heterocycles. The average molecular weight is 486 g/mol. The van der Waals surface area contributed by atoms with Gasteiger partial charge in [-0.1, -0.05) is 30.7 Å². The SMILES string of the molecule is CCCN(Cc1nnc(-c2ccccc2Cl)o1)C(=O)c1ccc(N2CCOCC2)c([N+](=O)[O-])c1. The Morgan fingerprint density at radius 1 is 1.21 bits per heavy atom. The van der Waals surface area contributed by atoms with E-state index in [2.05, 4.69) is 10.2 Å². The molecule has 3 aromatic rings. The monoisotopic (exact) mass is 485 g/mol. The Morgan fingerprint density at radius 3 is 2.68 bits per heavy atom. The highest BCUT2D eigenvalue weighted by Gasteiger charge is 2.26. The molecule has 0 atom stereocenters. The van der Waals surface area contributed by atoms with Gasteiger partial charge in [-0.3, -0.25) is 14.9 Å². The largest absolute Gasteiger partial charge is 0.419 e. The van der Waals surface area contributed by atoms with E-state index in [1.807, 2.05) is 17.9 Å². The zero-order valence-corrected chi connectivity index (χ0v) is 19.4. The van der Waals surface area contributed by atoms with Crippen molar-refractivity contribution in [3.05, 3.63) is 69.1 Å². The van der Waals surface area contributed by atoms with Gasteiger partial charge in [-0.15, -0.1) is 10.2 Å². The van der Waals surface area contributed by atoms with E-state index in [9.17, 15) is 14.9 Å². The van der Waals surface area contributed by atoms with Crippen LogP contribution in [-0.4, -0.2) is 58.8 Å². The number of nitro benzene ring substituents is 1. The Morgan fingerprint density at radius 2 is 1.97 bits per heavy atom. The molecule has 0 radical (unpaired) electrons. The third kappa shape index (κ3) is 5.18. The minimum Gasteiger partial charge on any atom is -0.419 e. The van der Waals surface area contributed by atoms with Crippen LogP contribution in [0.4, 0.5) is 11.4 Å². The lowest BCUT2D eigenvalue weighted by molar-refractivity contribution is -0.384. The minimum atomic E-state index is -0.459. The van der Waals surface area contributed by atoms with Crippen molar-refractivity contribution < 1.29 is 18.9 Å². The Bertz CT molecular complexity index is 1180. The highest BCUT2D eigenvalue weighted by atomic mass is 35.5. The van der Waals surface area contributed by atoms with Crippen molar-refractivity contribution in [2.75, 3.05) is 37.7 Å². The number of aromatic nitrogens is 2. The number of nitro groups is 1. The average Bonchev–Trinajstić information content (AvgIpc) is 3.32. The van der Waals surface area contributed by atoms with Crippen LogP contribution < -0.4 is 4.90 Å². The second kappa shape index (κ2) is 10.6. The molecule has 0 aliphatic carbocycles. The number of benzene rings is 2. The first-order chi connectivity index (χ1) is 16.5. The lowest BCUT2D eigenvalue weighted by atomic mass is 10.1. The van der Waals surface area contributed by atoms with E-state index in [4.69, 9.17) is 20.8 Å². The molecule has 0 bridgehead atoms. The zero-order valence-electron chi connectivity index (χ0n) is 18.6. The van der Waals surface area contributed by atoms with Crippen LogP contribution >= 0.6 is 11.6 Å². The maximum atomic E-state index is 13.3. The first-order valence-electron chi connectivity index (χ1n) is 11.0. The molecule has 1 amide bonds. The van der Waals surface area contributed by atoms with Crippen LogP contribution in [0.15, 0.2) is 46.9 Å². The highest BCUT2D eigenvalue weighted by Crippen LogP contribution is 2.31. The number of nitrogens with zero attached hydrogens (tertiary/aromatic N) is 5. The maximum absolute atomic E-state index is 13.3. The number of hydrogen-bond donors (Lipinski definition) is 0. The van der Waals surface area contributed by atoms with Crippen molar-refractivity contribution in [3.63, 3.8) is 0 Å². The molecule has 2 heterocycles. The molecule has 1 fully saturated rings. The number of rotatable bonds is 8. The smallest absolute Gasteiger partial charge is 0.293 e. The molecule has 0 N–H and O–H groups in total. The van der Waals surface area contributed by atoms with E-state index in [0.717, 1.165) is 0 Å². The number of carbonyl (C=O) groups is 1. The molecule has 1 aliphatic heterocycles. The topological polar surface area (TPSA) is 115 Å². The van der Waals surface area contributed by atoms with Gasteiger partial charge < -0.3 is 19.0 Å². The van der Waals surface area contributed by atoms with Gasteiger partial charge in [0.15, 0.2) is 0 Å². The van der Waals surface area contributed by atoms with E-state index in [0.29, 0.717) is 55.5 Å². The molecular weight excluding hydrogens is 462 g/mol. The van der Waals surface area contributed by atoms with Gasteiger partial charge in [-0.05, 0) is 30.7 Å². The van der Waals surface area contributed by atoms with Crippen molar-refractivity contribution in [2.24, 2.45) is 0 Å². The van der Waals surface area contributed by atoms with Gasteiger partial charge in [0.1, 0.15) is 5.69 Å². The number of morpholine rings is 1. The normalized spacial score (nSPS) is 13.6. The Balaban J connectivity index is 1.56. The molecule has 2 aromatic carbocycles. The number of ether oxygens (including phenoxy) is 1. The van der Waals surface area contributed by atoms with Gasteiger partial charge in [0, 0.05) is 31.3 Å². The fourth-order valence-electron chi connectivity index (χ4n) is 3.80. The summed E-state index contributed by atoms with van der Waals surface area (Å²) in [5.41, 5.74) is 1.20. The lowest BCUT2D eigenvalue weighted by Gasteiger charge is -2.28. The third-order valence-electron chi connectivity index (χ3n) is 5.45. The van der Waals surface area contributed by atoms with Crippen molar-refractivity contribution in [3.8, 4) is 11.5 Å². The summed E-state index contributed by atoms with van der Waals surface area (Å²) in [6.45, 7) is 4.55. The molecule has 4 rings (SSSR count). The van der Waals surface area contributed by atoms with Crippen LogP contribution in [0.1, 0.15) is 29.6 Å². The van der Waals surface area contributed by atoms with Crippen LogP contribution in [0.3, 0.4) is 0 Å². The second-order valence-electron chi connectivity index (χ2n) is 7.77. The molecule has 0 saturated carbocycles. The summed E-state index contributed by atoms with van der Waals surface area (Å²) in [5, 5.41) is 20.4. The molecule has 0 spiro atoms. The van der Waals surface area contributed by atoms with E-state index < -0.39 is 4.92 Å². The third-order valence-corrected chi connectivity index (χ3v) is 5.78. The number of halogens is 1. The van der Waals surface area contributed by atoms with Crippen molar-refractivity contribution in [1.82, 2.24) is 15.1 Å². The Labute approximate surface area is 201 Å². The van der Waals surface area contributed by atoms with E-state index in [-0.39, 0.29) is 35.5 Å². The van der Waals surface area contributed by atoms with Crippen molar-refractivity contribution in [2.45, 2.75) is 19.9 Å². The predicted molar refractivity (Wildman–Crippen MR) is 126 cm³/mol.